The zero-order chi connectivity index (χ0) is 13.7. The van der Waals surface area contributed by atoms with E-state index < -0.39 is 0 Å². The van der Waals surface area contributed by atoms with Crippen molar-refractivity contribution in [3.05, 3.63) is 65.5 Å². The molecular formula is C15H15FN2O. The van der Waals surface area contributed by atoms with Gasteiger partial charge < -0.3 is 11.1 Å². The fourth-order valence-electron chi connectivity index (χ4n) is 1.77. The van der Waals surface area contributed by atoms with E-state index in [9.17, 15) is 9.18 Å². The van der Waals surface area contributed by atoms with E-state index in [1.165, 1.54) is 6.07 Å². The Kier molecular flexibility index (Phi) is 4.13. The summed E-state index contributed by atoms with van der Waals surface area (Å²) >= 11 is 0. The highest BCUT2D eigenvalue weighted by atomic mass is 19.1. The Bertz CT molecular complexity index is 584. The molecule has 0 unspecified atom stereocenters. The quantitative estimate of drug-likeness (QED) is 0.826. The highest BCUT2D eigenvalue weighted by Crippen LogP contribution is 2.11. The minimum absolute atomic E-state index is 0.179. The van der Waals surface area contributed by atoms with Crippen LogP contribution in [0.2, 0.25) is 0 Å². The van der Waals surface area contributed by atoms with Crippen molar-refractivity contribution in [1.29, 1.82) is 0 Å². The molecule has 0 aliphatic carbocycles. The molecule has 0 heterocycles. The van der Waals surface area contributed by atoms with Crippen LogP contribution in [0.15, 0.2) is 48.5 Å². The summed E-state index contributed by atoms with van der Waals surface area (Å²) in [4.78, 5) is 11.8. The van der Waals surface area contributed by atoms with Gasteiger partial charge in [-0.1, -0.05) is 36.4 Å². The van der Waals surface area contributed by atoms with Gasteiger partial charge in [-0.05, 0) is 17.7 Å². The monoisotopic (exact) mass is 258 g/mol. The summed E-state index contributed by atoms with van der Waals surface area (Å²) in [5.41, 5.74) is 7.59. The number of halogens is 1. The number of nitrogens with one attached hydrogen (secondary N) is 1. The van der Waals surface area contributed by atoms with Crippen LogP contribution in [0, 0.1) is 5.82 Å². The Balaban J connectivity index is 1.92. The molecule has 0 aliphatic rings. The minimum atomic E-state index is -0.318. The molecule has 19 heavy (non-hydrogen) atoms. The molecule has 0 fully saturated rings. The van der Waals surface area contributed by atoms with E-state index in [-0.39, 0.29) is 24.7 Å². The standard InChI is InChI=1S/C15H15FN2O/c16-13-7-3-1-6-12(13)10-18-15(19)9-11-5-2-4-8-14(11)17/h1-8H,9-10,17H2,(H,18,19). The van der Waals surface area contributed by atoms with Crippen molar-refractivity contribution in [3.8, 4) is 0 Å². The summed E-state index contributed by atoms with van der Waals surface area (Å²) in [6, 6.07) is 13.6. The van der Waals surface area contributed by atoms with Gasteiger partial charge in [0.25, 0.3) is 0 Å². The maximum atomic E-state index is 13.4. The molecule has 0 spiro atoms. The van der Waals surface area contributed by atoms with Gasteiger partial charge in [0.1, 0.15) is 5.82 Å². The van der Waals surface area contributed by atoms with Crippen LogP contribution in [-0.4, -0.2) is 5.91 Å². The third-order valence-electron chi connectivity index (χ3n) is 2.84. The molecule has 4 heteroatoms. The number of hydrogen-bond donors (Lipinski definition) is 2. The van der Waals surface area contributed by atoms with Gasteiger partial charge in [-0.25, -0.2) is 4.39 Å². The average Bonchev–Trinajstić information content (AvgIpc) is 2.40. The molecule has 0 saturated carbocycles. The predicted octanol–water partition coefficient (Wildman–Crippen LogP) is 2.27. The molecule has 98 valence electrons. The number of hydrogen-bond acceptors (Lipinski definition) is 2. The predicted molar refractivity (Wildman–Crippen MR) is 72.8 cm³/mol. The molecule has 0 aliphatic heterocycles. The number of carbonyl (C=O) groups excluding carboxylic acids is 1. The molecule has 0 atom stereocenters. The van der Waals surface area contributed by atoms with Crippen molar-refractivity contribution in [3.63, 3.8) is 0 Å². The second-order valence-electron chi connectivity index (χ2n) is 4.24. The summed E-state index contributed by atoms with van der Waals surface area (Å²) in [6.07, 6.45) is 0.196. The van der Waals surface area contributed by atoms with Crippen LogP contribution < -0.4 is 11.1 Å². The van der Waals surface area contributed by atoms with E-state index in [1.54, 1.807) is 30.3 Å². The highest BCUT2D eigenvalue weighted by Gasteiger charge is 2.07. The van der Waals surface area contributed by atoms with Crippen LogP contribution >= 0.6 is 0 Å². The Labute approximate surface area is 111 Å². The number of benzene rings is 2. The molecule has 1 amide bonds. The first-order chi connectivity index (χ1) is 9.16. The Morgan fingerprint density at radius 3 is 2.37 bits per heavy atom. The second-order valence-corrected chi connectivity index (χ2v) is 4.24. The van der Waals surface area contributed by atoms with Crippen LogP contribution in [0.4, 0.5) is 10.1 Å². The van der Waals surface area contributed by atoms with E-state index in [2.05, 4.69) is 5.32 Å². The van der Waals surface area contributed by atoms with Crippen molar-refractivity contribution >= 4 is 11.6 Å². The van der Waals surface area contributed by atoms with Crippen molar-refractivity contribution in [1.82, 2.24) is 5.32 Å². The summed E-state index contributed by atoms with van der Waals surface area (Å²) in [6.45, 7) is 0.179. The number of rotatable bonds is 4. The minimum Gasteiger partial charge on any atom is -0.398 e. The van der Waals surface area contributed by atoms with E-state index in [1.807, 2.05) is 12.1 Å². The van der Waals surface area contributed by atoms with Gasteiger partial charge in [0, 0.05) is 17.8 Å². The van der Waals surface area contributed by atoms with Gasteiger partial charge in [-0.15, -0.1) is 0 Å². The molecule has 2 aromatic carbocycles. The molecule has 0 saturated heterocycles. The summed E-state index contributed by atoms with van der Waals surface area (Å²) in [7, 11) is 0. The van der Waals surface area contributed by atoms with E-state index >= 15 is 0 Å². The smallest absolute Gasteiger partial charge is 0.224 e. The molecule has 0 radical (unpaired) electrons. The van der Waals surface area contributed by atoms with Gasteiger partial charge >= 0.3 is 0 Å². The second kappa shape index (κ2) is 6.00. The van der Waals surface area contributed by atoms with Crippen LogP contribution in [0.1, 0.15) is 11.1 Å². The highest BCUT2D eigenvalue weighted by molar-refractivity contribution is 5.80. The first kappa shape index (κ1) is 13.1. The van der Waals surface area contributed by atoms with Crippen LogP contribution in [0.5, 0.6) is 0 Å². The van der Waals surface area contributed by atoms with Crippen molar-refractivity contribution in [2.24, 2.45) is 0 Å². The largest absolute Gasteiger partial charge is 0.398 e. The number of nitrogens with two attached hydrogens (primary N) is 1. The molecule has 2 rings (SSSR count). The fourth-order valence-corrected chi connectivity index (χ4v) is 1.77. The van der Waals surface area contributed by atoms with Crippen LogP contribution in [0.3, 0.4) is 0 Å². The lowest BCUT2D eigenvalue weighted by atomic mass is 10.1. The molecule has 2 aromatic rings. The van der Waals surface area contributed by atoms with Crippen LogP contribution in [-0.2, 0) is 17.8 Å². The van der Waals surface area contributed by atoms with Crippen molar-refractivity contribution < 1.29 is 9.18 Å². The molecule has 3 N–H and O–H groups in total. The first-order valence-electron chi connectivity index (χ1n) is 6.00. The third kappa shape index (κ3) is 3.55. The van der Waals surface area contributed by atoms with Gasteiger partial charge in [0.15, 0.2) is 0 Å². The lowest BCUT2D eigenvalue weighted by Gasteiger charge is -2.07. The number of anilines is 1. The molecular weight excluding hydrogens is 243 g/mol. The maximum absolute atomic E-state index is 13.4. The van der Waals surface area contributed by atoms with E-state index in [0.29, 0.717) is 11.3 Å². The summed E-state index contributed by atoms with van der Waals surface area (Å²) in [5, 5.41) is 2.68. The number of amides is 1. The average molecular weight is 258 g/mol. The Morgan fingerprint density at radius 1 is 1.05 bits per heavy atom. The van der Waals surface area contributed by atoms with E-state index in [4.69, 9.17) is 5.73 Å². The van der Waals surface area contributed by atoms with Gasteiger partial charge in [0.05, 0.1) is 6.42 Å². The van der Waals surface area contributed by atoms with Gasteiger partial charge in [0.2, 0.25) is 5.91 Å². The third-order valence-corrected chi connectivity index (χ3v) is 2.84. The Hall–Kier alpha value is -2.36. The summed E-state index contributed by atoms with van der Waals surface area (Å²) < 4.78 is 13.4. The SMILES string of the molecule is Nc1ccccc1CC(=O)NCc1ccccc1F. The zero-order valence-corrected chi connectivity index (χ0v) is 10.4. The Morgan fingerprint density at radius 2 is 1.68 bits per heavy atom. The van der Waals surface area contributed by atoms with Crippen molar-refractivity contribution in [2.45, 2.75) is 13.0 Å². The van der Waals surface area contributed by atoms with Gasteiger partial charge in [-0.3, -0.25) is 4.79 Å². The van der Waals surface area contributed by atoms with Crippen LogP contribution in [0.25, 0.3) is 0 Å². The fraction of sp³-hybridized carbons (Fsp3) is 0.133. The van der Waals surface area contributed by atoms with Gasteiger partial charge in [-0.2, -0.15) is 0 Å². The number of carbonyl (C=O) groups is 1. The molecule has 3 nitrogen and oxygen atoms in total. The molecule has 0 bridgehead atoms. The number of para-hydroxylation sites is 1. The van der Waals surface area contributed by atoms with E-state index in [0.717, 1.165) is 5.56 Å². The van der Waals surface area contributed by atoms with Crippen molar-refractivity contribution in [2.75, 3.05) is 5.73 Å². The summed E-state index contributed by atoms with van der Waals surface area (Å²) in [5.74, 6) is -0.497. The molecule has 0 aromatic heterocycles. The lowest BCUT2D eigenvalue weighted by molar-refractivity contribution is -0.120. The lowest BCUT2D eigenvalue weighted by Crippen LogP contribution is -2.25. The number of nitrogen functional groups attached to an aromatic ring is 1. The first-order valence-corrected chi connectivity index (χ1v) is 6.00. The normalized spacial score (nSPS) is 10.2. The zero-order valence-electron chi connectivity index (χ0n) is 10.4. The topological polar surface area (TPSA) is 55.1 Å². The maximum Gasteiger partial charge on any atom is 0.224 e.